The number of amides is 3. The molecule has 1 aliphatic rings. The Morgan fingerprint density at radius 3 is 2.68 bits per heavy atom. The minimum atomic E-state index is -0.365. The molecule has 1 N–H and O–H groups in total. The molecule has 0 saturated carbocycles. The number of nitrogens with zero attached hydrogens (tertiary/aromatic N) is 3. The van der Waals surface area contributed by atoms with Crippen molar-refractivity contribution in [1.29, 1.82) is 5.26 Å². The van der Waals surface area contributed by atoms with Gasteiger partial charge in [0.25, 0.3) is 0 Å². The van der Waals surface area contributed by atoms with E-state index in [4.69, 9.17) is 14.7 Å². The Hall–Kier alpha value is -3.73. The van der Waals surface area contributed by atoms with Gasteiger partial charge in [-0.25, -0.2) is 4.79 Å². The second kappa shape index (κ2) is 8.31. The van der Waals surface area contributed by atoms with Gasteiger partial charge in [0.05, 0.1) is 31.2 Å². The molecule has 0 aliphatic carbocycles. The molecule has 1 heterocycles. The predicted molar refractivity (Wildman–Crippen MR) is 104 cm³/mol. The van der Waals surface area contributed by atoms with Crippen molar-refractivity contribution in [2.24, 2.45) is 0 Å². The second-order valence-corrected chi connectivity index (χ2v) is 6.10. The highest BCUT2D eigenvalue weighted by molar-refractivity contribution is 6.00. The van der Waals surface area contributed by atoms with Crippen molar-refractivity contribution in [3.8, 4) is 17.6 Å². The molecule has 0 unspecified atom stereocenters. The lowest BCUT2D eigenvalue weighted by Crippen LogP contribution is -2.37. The molecule has 1 aliphatic heterocycles. The number of ether oxygens (including phenoxy) is 2. The monoisotopic (exact) mass is 380 g/mol. The van der Waals surface area contributed by atoms with E-state index in [0.717, 1.165) is 0 Å². The van der Waals surface area contributed by atoms with Crippen LogP contribution in [0.25, 0.3) is 0 Å². The third-order valence-electron chi connectivity index (χ3n) is 4.43. The highest BCUT2D eigenvalue weighted by Gasteiger charge is 2.32. The quantitative estimate of drug-likeness (QED) is 0.831. The van der Waals surface area contributed by atoms with Gasteiger partial charge in [-0.2, -0.15) is 5.26 Å². The van der Waals surface area contributed by atoms with Crippen LogP contribution in [0.1, 0.15) is 5.56 Å². The van der Waals surface area contributed by atoms with Crippen LogP contribution in [-0.2, 0) is 4.79 Å². The van der Waals surface area contributed by atoms with Crippen molar-refractivity contribution in [1.82, 2.24) is 4.90 Å². The molecule has 144 valence electrons. The average Bonchev–Trinajstić information content (AvgIpc) is 3.07. The van der Waals surface area contributed by atoms with Crippen LogP contribution in [0.2, 0.25) is 0 Å². The molecular formula is C20H20N4O4. The summed E-state index contributed by atoms with van der Waals surface area (Å²) in [6.07, 6.45) is 0. The van der Waals surface area contributed by atoms with E-state index in [0.29, 0.717) is 41.5 Å². The van der Waals surface area contributed by atoms with Gasteiger partial charge in [0.2, 0.25) is 5.91 Å². The fourth-order valence-corrected chi connectivity index (χ4v) is 3.01. The summed E-state index contributed by atoms with van der Waals surface area (Å²) < 4.78 is 10.6. The minimum absolute atomic E-state index is 0.110. The Balaban J connectivity index is 1.71. The molecule has 2 aromatic rings. The van der Waals surface area contributed by atoms with E-state index in [1.807, 2.05) is 6.07 Å². The van der Waals surface area contributed by atoms with Crippen LogP contribution in [0.4, 0.5) is 16.2 Å². The molecule has 0 atom stereocenters. The maximum Gasteiger partial charge on any atom is 0.325 e. The van der Waals surface area contributed by atoms with Crippen LogP contribution >= 0.6 is 0 Å². The molecule has 28 heavy (non-hydrogen) atoms. The van der Waals surface area contributed by atoms with Crippen LogP contribution < -0.4 is 19.7 Å². The number of anilines is 2. The molecule has 3 amide bonds. The number of methoxy groups -OCH3 is 2. The summed E-state index contributed by atoms with van der Waals surface area (Å²) in [4.78, 5) is 28.2. The van der Waals surface area contributed by atoms with Crippen LogP contribution in [-0.4, -0.2) is 50.7 Å². The maximum atomic E-state index is 12.8. The third-order valence-corrected chi connectivity index (χ3v) is 4.43. The van der Waals surface area contributed by atoms with Crippen molar-refractivity contribution < 1.29 is 19.1 Å². The third kappa shape index (κ3) is 3.83. The number of carbonyl (C=O) groups is 2. The normalized spacial score (nSPS) is 13.2. The van der Waals surface area contributed by atoms with Crippen molar-refractivity contribution >= 4 is 23.3 Å². The predicted octanol–water partition coefficient (Wildman–Crippen LogP) is 2.46. The van der Waals surface area contributed by atoms with Crippen molar-refractivity contribution in [3.63, 3.8) is 0 Å². The molecule has 2 aromatic carbocycles. The number of carbonyl (C=O) groups excluding carboxylic acids is 2. The molecule has 0 spiro atoms. The van der Waals surface area contributed by atoms with E-state index in [2.05, 4.69) is 5.32 Å². The first kappa shape index (κ1) is 19.0. The van der Waals surface area contributed by atoms with Crippen molar-refractivity contribution in [2.45, 2.75) is 0 Å². The summed E-state index contributed by atoms with van der Waals surface area (Å²) >= 11 is 0. The summed E-state index contributed by atoms with van der Waals surface area (Å²) in [7, 11) is 3.08. The first-order valence-corrected chi connectivity index (χ1v) is 8.65. The minimum Gasteiger partial charge on any atom is -0.497 e. The van der Waals surface area contributed by atoms with E-state index in [-0.39, 0.29) is 18.5 Å². The smallest absolute Gasteiger partial charge is 0.325 e. The zero-order chi connectivity index (χ0) is 20.1. The highest BCUT2D eigenvalue weighted by atomic mass is 16.5. The van der Waals surface area contributed by atoms with E-state index < -0.39 is 0 Å². The number of nitrogens with one attached hydrogen (secondary N) is 1. The maximum absolute atomic E-state index is 12.8. The number of hydrogen-bond donors (Lipinski definition) is 1. The van der Waals surface area contributed by atoms with E-state index >= 15 is 0 Å². The summed E-state index contributed by atoms with van der Waals surface area (Å²) in [6.45, 7) is 0.707. The Morgan fingerprint density at radius 2 is 1.96 bits per heavy atom. The molecular weight excluding hydrogens is 360 g/mol. The fourth-order valence-electron chi connectivity index (χ4n) is 3.01. The van der Waals surface area contributed by atoms with Crippen molar-refractivity contribution in [2.75, 3.05) is 44.1 Å². The molecule has 8 heteroatoms. The largest absolute Gasteiger partial charge is 0.497 e. The zero-order valence-corrected chi connectivity index (χ0v) is 15.6. The molecule has 8 nitrogen and oxygen atoms in total. The van der Waals surface area contributed by atoms with Crippen molar-refractivity contribution in [3.05, 3.63) is 48.0 Å². The Labute approximate surface area is 162 Å². The Bertz CT molecular complexity index is 938. The van der Waals surface area contributed by atoms with Crippen LogP contribution in [0.3, 0.4) is 0 Å². The van der Waals surface area contributed by atoms with E-state index in [1.165, 1.54) is 12.0 Å². The summed E-state index contributed by atoms with van der Waals surface area (Å²) in [5, 5.41) is 11.8. The lowest BCUT2D eigenvalue weighted by molar-refractivity contribution is -0.116. The SMILES string of the molecule is COc1ccc(OC)c(N2CCN(CC(=O)Nc3ccccc3C#N)C2=O)c1. The molecule has 0 bridgehead atoms. The van der Waals surface area contributed by atoms with Gasteiger partial charge in [0.1, 0.15) is 24.1 Å². The van der Waals surface area contributed by atoms with Crippen LogP contribution in [0.15, 0.2) is 42.5 Å². The molecule has 1 saturated heterocycles. The van der Waals surface area contributed by atoms with Crippen LogP contribution in [0, 0.1) is 11.3 Å². The second-order valence-electron chi connectivity index (χ2n) is 6.10. The number of nitriles is 1. The van der Waals surface area contributed by atoms with Gasteiger partial charge in [0.15, 0.2) is 0 Å². The number of hydrogen-bond acceptors (Lipinski definition) is 5. The lowest BCUT2D eigenvalue weighted by atomic mass is 10.2. The molecule has 0 radical (unpaired) electrons. The average molecular weight is 380 g/mol. The Morgan fingerprint density at radius 1 is 1.18 bits per heavy atom. The van der Waals surface area contributed by atoms with Gasteiger partial charge in [0, 0.05) is 19.2 Å². The topological polar surface area (TPSA) is 94.9 Å². The fraction of sp³-hybridized carbons (Fsp3) is 0.250. The zero-order valence-electron chi connectivity index (χ0n) is 15.6. The lowest BCUT2D eigenvalue weighted by Gasteiger charge is -2.21. The number of para-hydroxylation sites is 1. The summed E-state index contributed by atoms with van der Waals surface area (Å²) in [6, 6.07) is 13.7. The molecule has 1 fully saturated rings. The first-order chi connectivity index (χ1) is 13.6. The Kier molecular flexibility index (Phi) is 5.65. The summed E-state index contributed by atoms with van der Waals surface area (Å²) in [5.41, 5.74) is 1.38. The summed E-state index contributed by atoms with van der Waals surface area (Å²) in [5.74, 6) is 0.784. The first-order valence-electron chi connectivity index (χ1n) is 8.65. The van der Waals surface area contributed by atoms with Gasteiger partial charge in [-0.15, -0.1) is 0 Å². The molecule has 3 rings (SSSR count). The highest BCUT2D eigenvalue weighted by Crippen LogP contribution is 2.34. The van der Waals surface area contributed by atoms with E-state index in [9.17, 15) is 9.59 Å². The van der Waals surface area contributed by atoms with Gasteiger partial charge < -0.3 is 19.7 Å². The van der Waals surface area contributed by atoms with Gasteiger partial charge in [-0.3, -0.25) is 9.69 Å². The van der Waals surface area contributed by atoms with Gasteiger partial charge in [-0.1, -0.05) is 12.1 Å². The van der Waals surface area contributed by atoms with Gasteiger partial charge >= 0.3 is 6.03 Å². The van der Waals surface area contributed by atoms with Crippen LogP contribution in [0.5, 0.6) is 11.5 Å². The number of urea groups is 1. The van der Waals surface area contributed by atoms with Gasteiger partial charge in [-0.05, 0) is 24.3 Å². The number of benzene rings is 2. The number of rotatable bonds is 6. The standard InChI is InChI=1S/C20H20N4O4/c1-27-15-7-8-18(28-2)17(11-15)24-10-9-23(20(24)26)13-19(25)22-16-6-4-3-5-14(16)12-21/h3-8,11H,9-10,13H2,1-2H3,(H,22,25). The van der Waals surface area contributed by atoms with E-state index in [1.54, 1.807) is 54.5 Å². The molecule has 0 aromatic heterocycles.